The fourth-order valence-electron chi connectivity index (χ4n) is 5.01. The summed E-state index contributed by atoms with van der Waals surface area (Å²) < 4.78 is 11.7. The van der Waals surface area contributed by atoms with Gasteiger partial charge in [-0.2, -0.15) is 0 Å². The summed E-state index contributed by atoms with van der Waals surface area (Å²) in [6.45, 7) is 4.75. The Hall–Kier alpha value is -0.930. The van der Waals surface area contributed by atoms with E-state index in [0.29, 0.717) is 5.92 Å². The van der Waals surface area contributed by atoms with Crippen LogP contribution in [0.1, 0.15) is 4.88 Å². The van der Waals surface area contributed by atoms with Crippen molar-refractivity contribution in [2.45, 2.75) is 18.2 Å². The summed E-state index contributed by atoms with van der Waals surface area (Å²) in [7, 11) is 1.68. The average Bonchev–Trinajstić information content (AvgIpc) is 3.33. The standard InChI is InChI=1S/C20H25N3O3S.2ClH/c1-25-14-4-2-3-13(5-14)19-22-6-15(27-19)8-23-9-17-16(10-24)18-7-21-11-20(17,12-23)26-18;;/h2-6,16-18,21,24H,7-12H2,1H3;2*1H/t16-,17+,18+,20+;;/m0../s1. The van der Waals surface area contributed by atoms with Crippen molar-refractivity contribution in [3.8, 4) is 16.3 Å². The van der Waals surface area contributed by atoms with Gasteiger partial charge >= 0.3 is 0 Å². The second-order valence-electron chi connectivity index (χ2n) is 7.84. The molecule has 29 heavy (non-hydrogen) atoms. The van der Waals surface area contributed by atoms with Gasteiger partial charge in [-0.05, 0) is 12.1 Å². The van der Waals surface area contributed by atoms with E-state index in [4.69, 9.17) is 9.47 Å². The molecule has 2 N–H and O–H groups in total. The van der Waals surface area contributed by atoms with Gasteiger partial charge in [0.15, 0.2) is 0 Å². The summed E-state index contributed by atoms with van der Waals surface area (Å²) in [6, 6.07) is 8.03. The van der Waals surface area contributed by atoms with Crippen LogP contribution in [0.5, 0.6) is 5.75 Å². The summed E-state index contributed by atoms with van der Waals surface area (Å²) >= 11 is 1.73. The van der Waals surface area contributed by atoms with E-state index in [9.17, 15) is 5.11 Å². The number of likely N-dealkylation sites (tertiary alicyclic amines) is 1. The van der Waals surface area contributed by atoms with Crippen molar-refractivity contribution in [1.82, 2.24) is 15.2 Å². The number of morpholine rings is 1. The summed E-state index contributed by atoms with van der Waals surface area (Å²) in [4.78, 5) is 8.33. The van der Waals surface area contributed by atoms with Gasteiger partial charge in [-0.3, -0.25) is 4.90 Å². The molecule has 1 spiro atoms. The van der Waals surface area contributed by atoms with Crippen molar-refractivity contribution >= 4 is 36.2 Å². The Labute approximate surface area is 187 Å². The lowest BCUT2D eigenvalue weighted by molar-refractivity contribution is -0.0746. The number of nitrogens with one attached hydrogen (secondary N) is 1. The maximum atomic E-state index is 9.86. The third-order valence-electron chi connectivity index (χ3n) is 6.23. The molecule has 0 radical (unpaired) electrons. The summed E-state index contributed by atoms with van der Waals surface area (Å²) in [5.41, 5.74) is 0.960. The van der Waals surface area contributed by atoms with Crippen LogP contribution in [-0.4, -0.2) is 66.6 Å². The Morgan fingerprint density at radius 3 is 3.07 bits per heavy atom. The van der Waals surface area contributed by atoms with Crippen LogP contribution in [-0.2, 0) is 11.3 Å². The predicted octanol–water partition coefficient (Wildman–Crippen LogP) is 2.44. The number of ether oxygens (including phenoxy) is 2. The van der Waals surface area contributed by atoms with Gasteiger partial charge in [-0.15, -0.1) is 36.2 Å². The molecule has 4 heterocycles. The largest absolute Gasteiger partial charge is 0.497 e. The van der Waals surface area contributed by atoms with Crippen LogP contribution in [0.15, 0.2) is 30.5 Å². The first-order valence-electron chi connectivity index (χ1n) is 9.52. The normalized spacial score (nSPS) is 30.3. The second-order valence-corrected chi connectivity index (χ2v) is 8.95. The van der Waals surface area contributed by atoms with E-state index >= 15 is 0 Å². The molecule has 9 heteroatoms. The zero-order chi connectivity index (χ0) is 18.4. The molecule has 3 aliphatic heterocycles. The van der Waals surface area contributed by atoms with Crippen LogP contribution in [0.4, 0.5) is 0 Å². The summed E-state index contributed by atoms with van der Waals surface area (Å²) in [5, 5.41) is 14.4. The lowest BCUT2D eigenvalue weighted by Gasteiger charge is -2.34. The number of rotatable bonds is 5. The highest BCUT2D eigenvalue weighted by Gasteiger charge is 2.60. The first-order chi connectivity index (χ1) is 13.2. The molecule has 5 rings (SSSR count). The highest BCUT2D eigenvalue weighted by atomic mass is 35.5. The van der Waals surface area contributed by atoms with Crippen molar-refractivity contribution in [2.75, 3.05) is 39.9 Å². The van der Waals surface area contributed by atoms with Gasteiger partial charge in [0, 0.05) is 67.8 Å². The van der Waals surface area contributed by atoms with Gasteiger partial charge < -0.3 is 19.9 Å². The van der Waals surface area contributed by atoms with Gasteiger partial charge in [0.05, 0.1) is 18.8 Å². The number of thiazole rings is 1. The molecule has 0 aliphatic carbocycles. The van der Waals surface area contributed by atoms with Gasteiger partial charge in [-0.25, -0.2) is 4.98 Å². The highest BCUT2D eigenvalue weighted by molar-refractivity contribution is 7.15. The lowest BCUT2D eigenvalue weighted by Crippen LogP contribution is -2.52. The maximum Gasteiger partial charge on any atom is 0.123 e. The monoisotopic (exact) mass is 459 g/mol. The zero-order valence-corrected chi connectivity index (χ0v) is 18.7. The molecular formula is C20H27Cl2N3O3S. The number of hydrogen-bond acceptors (Lipinski definition) is 7. The number of methoxy groups -OCH3 is 1. The maximum absolute atomic E-state index is 9.86. The predicted molar refractivity (Wildman–Crippen MR) is 118 cm³/mol. The van der Waals surface area contributed by atoms with E-state index < -0.39 is 0 Å². The lowest BCUT2D eigenvalue weighted by atomic mass is 9.83. The molecule has 0 amide bonds. The number of fused-ring (bicyclic) bond motifs is 1. The van der Waals surface area contributed by atoms with E-state index in [0.717, 1.165) is 49.0 Å². The first-order valence-corrected chi connectivity index (χ1v) is 10.3. The van der Waals surface area contributed by atoms with Crippen LogP contribution in [0, 0.1) is 11.8 Å². The first kappa shape index (κ1) is 22.7. The number of nitrogens with zero attached hydrogens (tertiary/aromatic N) is 2. The van der Waals surface area contributed by atoms with Crippen LogP contribution in [0.2, 0.25) is 0 Å². The molecule has 4 atom stereocenters. The van der Waals surface area contributed by atoms with Crippen LogP contribution >= 0.6 is 36.2 Å². The number of aliphatic hydroxyl groups excluding tert-OH is 1. The molecule has 2 bridgehead atoms. The Kier molecular flexibility index (Phi) is 7.10. The Balaban J connectivity index is 0.00000120. The van der Waals surface area contributed by atoms with Crippen LogP contribution in [0.3, 0.4) is 0 Å². The fraction of sp³-hybridized carbons (Fsp3) is 0.550. The van der Waals surface area contributed by atoms with E-state index in [-0.39, 0.29) is 49.0 Å². The minimum atomic E-state index is -0.128. The number of hydrogen-bond donors (Lipinski definition) is 2. The minimum absolute atomic E-state index is 0. The third kappa shape index (κ3) is 4.02. The van der Waals surface area contributed by atoms with E-state index in [1.54, 1.807) is 18.4 Å². The molecule has 3 saturated heterocycles. The SMILES string of the molecule is COc1cccc(-c2ncc(CN3C[C@@H]4[C@H](CO)[C@H]5CNC[C@]4(C3)O5)s2)c1.Cl.Cl. The van der Waals surface area contributed by atoms with Gasteiger partial charge in [0.1, 0.15) is 10.8 Å². The molecule has 1 aromatic carbocycles. The second kappa shape index (κ2) is 9.06. The number of aromatic nitrogens is 1. The average molecular weight is 460 g/mol. The van der Waals surface area contributed by atoms with E-state index in [1.165, 1.54) is 4.88 Å². The fourth-order valence-corrected chi connectivity index (χ4v) is 5.96. The third-order valence-corrected chi connectivity index (χ3v) is 7.26. The Bertz CT molecular complexity index is 839. The van der Waals surface area contributed by atoms with Crippen molar-refractivity contribution in [3.05, 3.63) is 35.3 Å². The van der Waals surface area contributed by atoms with Crippen LogP contribution in [0.25, 0.3) is 10.6 Å². The van der Waals surface area contributed by atoms with Gasteiger partial charge in [0.25, 0.3) is 0 Å². The number of halogens is 2. The molecular weight excluding hydrogens is 433 g/mol. The number of aliphatic hydroxyl groups is 1. The summed E-state index contributed by atoms with van der Waals surface area (Å²) in [5.74, 6) is 1.51. The molecule has 0 unspecified atom stereocenters. The molecule has 3 aliphatic rings. The van der Waals surface area contributed by atoms with Crippen LogP contribution < -0.4 is 10.1 Å². The smallest absolute Gasteiger partial charge is 0.123 e. The topological polar surface area (TPSA) is 66.9 Å². The molecule has 160 valence electrons. The van der Waals surface area contributed by atoms with Crippen molar-refractivity contribution in [2.24, 2.45) is 11.8 Å². The van der Waals surface area contributed by atoms with E-state index in [1.807, 2.05) is 24.4 Å². The Morgan fingerprint density at radius 2 is 2.28 bits per heavy atom. The van der Waals surface area contributed by atoms with Gasteiger partial charge in [0.2, 0.25) is 0 Å². The molecule has 0 saturated carbocycles. The Morgan fingerprint density at radius 1 is 1.41 bits per heavy atom. The zero-order valence-electron chi connectivity index (χ0n) is 16.2. The quantitative estimate of drug-likeness (QED) is 0.715. The van der Waals surface area contributed by atoms with Crippen molar-refractivity contribution in [1.29, 1.82) is 0 Å². The number of benzene rings is 1. The van der Waals surface area contributed by atoms with Crippen molar-refractivity contribution < 1.29 is 14.6 Å². The highest BCUT2D eigenvalue weighted by Crippen LogP contribution is 2.47. The van der Waals surface area contributed by atoms with Gasteiger partial charge in [-0.1, -0.05) is 12.1 Å². The molecule has 6 nitrogen and oxygen atoms in total. The molecule has 3 fully saturated rings. The van der Waals surface area contributed by atoms with Crippen molar-refractivity contribution in [3.63, 3.8) is 0 Å². The summed E-state index contributed by atoms with van der Waals surface area (Å²) in [6.07, 6.45) is 2.15. The molecule has 1 aromatic heterocycles. The minimum Gasteiger partial charge on any atom is -0.497 e. The molecule has 2 aromatic rings. The van der Waals surface area contributed by atoms with E-state index in [2.05, 4.69) is 21.3 Å².